The van der Waals surface area contributed by atoms with Crippen molar-refractivity contribution in [3.8, 4) is 5.75 Å². The molecular weight excluding hydrogens is 282 g/mol. The molecule has 0 aromatic heterocycles. The second kappa shape index (κ2) is 8.41. The van der Waals surface area contributed by atoms with Gasteiger partial charge in [0.15, 0.2) is 0 Å². The van der Waals surface area contributed by atoms with Gasteiger partial charge in [0.25, 0.3) is 0 Å². The molecule has 1 amide bonds. The van der Waals surface area contributed by atoms with E-state index >= 15 is 0 Å². The van der Waals surface area contributed by atoms with Gasteiger partial charge in [-0.1, -0.05) is 24.6 Å². The summed E-state index contributed by atoms with van der Waals surface area (Å²) in [5.74, 6) is 0.597. The second-order valence-corrected chi connectivity index (χ2v) is 5.39. The van der Waals surface area contributed by atoms with Gasteiger partial charge in [-0.2, -0.15) is 0 Å². The third-order valence-electron chi connectivity index (χ3n) is 3.79. The van der Waals surface area contributed by atoms with Crippen LogP contribution in [0.4, 0.5) is 4.79 Å². The highest BCUT2D eigenvalue weighted by molar-refractivity contribution is 5.75. The average molecular weight is 305 g/mol. The van der Waals surface area contributed by atoms with Crippen LogP contribution in [0.15, 0.2) is 24.3 Å². The fourth-order valence-corrected chi connectivity index (χ4v) is 2.70. The fourth-order valence-electron chi connectivity index (χ4n) is 2.70. The Balaban J connectivity index is 1.99. The molecule has 1 atom stereocenters. The lowest BCUT2D eigenvalue weighted by Crippen LogP contribution is -2.33. The lowest BCUT2D eigenvalue weighted by molar-refractivity contribution is -0.109. The number of alkyl carbamates (subject to hydrolysis) is 1. The third-order valence-corrected chi connectivity index (χ3v) is 3.79. The highest BCUT2D eigenvalue weighted by atomic mass is 16.6. The molecule has 1 aliphatic rings. The van der Waals surface area contributed by atoms with Gasteiger partial charge in [0.2, 0.25) is 0 Å². The first-order valence-electron chi connectivity index (χ1n) is 7.88. The van der Waals surface area contributed by atoms with Crippen molar-refractivity contribution in [1.29, 1.82) is 0 Å². The zero-order valence-electron chi connectivity index (χ0n) is 12.9. The zero-order chi connectivity index (χ0) is 15.8. The van der Waals surface area contributed by atoms with Crippen LogP contribution in [-0.2, 0) is 9.53 Å². The Kier molecular flexibility index (Phi) is 6.25. The normalized spacial score (nSPS) is 16.6. The summed E-state index contributed by atoms with van der Waals surface area (Å²) >= 11 is 0. The number of carbonyl (C=O) groups is 2. The Morgan fingerprint density at radius 1 is 1.32 bits per heavy atom. The van der Waals surface area contributed by atoms with Gasteiger partial charge in [0.1, 0.15) is 24.2 Å². The van der Waals surface area contributed by atoms with Crippen LogP contribution >= 0.6 is 0 Å². The van der Waals surface area contributed by atoms with E-state index in [1.54, 1.807) is 12.1 Å². The molecule has 120 valence electrons. The smallest absolute Gasteiger partial charge is 0.408 e. The molecular formula is C17H23NO4. The van der Waals surface area contributed by atoms with Crippen LogP contribution in [-0.4, -0.2) is 25.1 Å². The standard InChI is InChI=1S/C17H23NO4/c1-2-21-16-11-7-6-10-14(16)15(12-19)18-17(20)22-13-8-4-3-5-9-13/h6-7,10-13,15H,2-5,8-9H2,1H3,(H,18,20). The Morgan fingerprint density at radius 2 is 2.05 bits per heavy atom. The van der Waals surface area contributed by atoms with Crippen LogP contribution in [0.2, 0.25) is 0 Å². The molecule has 1 fully saturated rings. The van der Waals surface area contributed by atoms with Gasteiger partial charge in [-0.05, 0) is 38.7 Å². The van der Waals surface area contributed by atoms with Crippen molar-refractivity contribution < 1.29 is 19.1 Å². The predicted molar refractivity (Wildman–Crippen MR) is 82.9 cm³/mol. The highest BCUT2D eigenvalue weighted by Gasteiger charge is 2.22. The largest absolute Gasteiger partial charge is 0.494 e. The maximum Gasteiger partial charge on any atom is 0.408 e. The van der Waals surface area contributed by atoms with Crippen molar-refractivity contribution >= 4 is 12.4 Å². The van der Waals surface area contributed by atoms with E-state index in [0.29, 0.717) is 24.2 Å². The van der Waals surface area contributed by atoms with Crippen LogP contribution in [0.1, 0.15) is 50.6 Å². The van der Waals surface area contributed by atoms with E-state index in [1.807, 2.05) is 19.1 Å². The Hall–Kier alpha value is -2.04. The Labute approximate surface area is 131 Å². The van der Waals surface area contributed by atoms with Crippen LogP contribution in [0.25, 0.3) is 0 Å². The number of amides is 1. The molecule has 0 saturated heterocycles. The van der Waals surface area contributed by atoms with Gasteiger partial charge in [-0.3, -0.25) is 0 Å². The van der Waals surface area contributed by atoms with Crippen LogP contribution in [0.3, 0.4) is 0 Å². The molecule has 2 rings (SSSR count). The van der Waals surface area contributed by atoms with Gasteiger partial charge in [0.05, 0.1) is 6.61 Å². The lowest BCUT2D eigenvalue weighted by Gasteiger charge is -2.23. The van der Waals surface area contributed by atoms with Crippen molar-refractivity contribution in [1.82, 2.24) is 5.32 Å². The maximum atomic E-state index is 12.0. The predicted octanol–water partition coefficient (Wildman–Crippen LogP) is 3.38. The monoisotopic (exact) mass is 305 g/mol. The number of benzene rings is 1. The van der Waals surface area contributed by atoms with Gasteiger partial charge in [0, 0.05) is 5.56 Å². The topological polar surface area (TPSA) is 64.6 Å². The minimum Gasteiger partial charge on any atom is -0.494 e. The molecule has 0 aliphatic heterocycles. The summed E-state index contributed by atoms with van der Waals surface area (Å²) in [4.78, 5) is 23.4. The maximum absolute atomic E-state index is 12.0. The first kappa shape index (κ1) is 16.3. The summed E-state index contributed by atoms with van der Waals surface area (Å²) in [6, 6.07) is 6.42. The van der Waals surface area contributed by atoms with Crippen molar-refractivity contribution in [3.63, 3.8) is 0 Å². The van der Waals surface area contributed by atoms with Gasteiger partial charge >= 0.3 is 6.09 Å². The highest BCUT2D eigenvalue weighted by Crippen LogP contribution is 2.25. The quantitative estimate of drug-likeness (QED) is 0.818. The molecule has 0 bridgehead atoms. The Bertz CT molecular complexity index is 497. The van der Waals surface area contributed by atoms with Gasteiger partial charge in [-0.15, -0.1) is 0 Å². The number of rotatable bonds is 6. The van der Waals surface area contributed by atoms with Gasteiger partial charge < -0.3 is 19.6 Å². The molecule has 1 saturated carbocycles. The number of hydrogen-bond acceptors (Lipinski definition) is 4. The number of hydrogen-bond donors (Lipinski definition) is 1. The molecule has 1 aromatic carbocycles. The molecule has 0 radical (unpaired) electrons. The minimum absolute atomic E-state index is 0.0387. The van der Waals surface area contributed by atoms with Crippen LogP contribution in [0, 0.1) is 0 Å². The van der Waals surface area contributed by atoms with Crippen molar-refractivity contribution in [2.45, 2.75) is 51.2 Å². The van der Waals surface area contributed by atoms with Crippen molar-refractivity contribution in [3.05, 3.63) is 29.8 Å². The average Bonchev–Trinajstić information content (AvgIpc) is 2.54. The fraction of sp³-hybridized carbons (Fsp3) is 0.529. The van der Waals surface area contributed by atoms with Crippen molar-refractivity contribution in [2.75, 3.05) is 6.61 Å². The molecule has 5 heteroatoms. The van der Waals surface area contributed by atoms with E-state index in [4.69, 9.17) is 9.47 Å². The van der Waals surface area contributed by atoms with E-state index < -0.39 is 12.1 Å². The number of aldehydes is 1. The van der Waals surface area contributed by atoms with E-state index in [9.17, 15) is 9.59 Å². The SMILES string of the molecule is CCOc1ccccc1C(C=O)NC(=O)OC1CCCCC1. The summed E-state index contributed by atoms with van der Waals surface area (Å²) in [5.41, 5.74) is 0.639. The first-order valence-corrected chi connectivity index (χ1v) is 7.88. The Morgan fingerprint density at radius 3 is 2.73 bits per heavy atom. The number of para-hydroxylation sites is 1. The molecule has 1 aromatic rings. The first-order chi connectivity index (χ1) is 10.7. The summed E-state index contributed by atoms with van der Waals surface area (Å²) in [6.45, 7) is 2.37. The summed E-state index contributed by atoms with van der Waals surface area (Å²) in [5, 5.41) is 2.62. The number of carbonyl (C=O) groups excluding carboxylic acids is 2. The van der Waals surface area contributed by atoms with E-state index in [0.717, 1.165) is 25.7 Å². The summed E-state index contributed by atoms with van der Waals surface area (Å²) < 4.78 is 10.9. The third kappa shape index (κ3) is 4.48. The minimum atomic E-state index is -0.765. The zero-order valence-corrected chi connectivity index (χ0v) is 12.9. The second-order valence-electron chi connectivity index (χ2n) is 5.39. The van der Waals surface area contributed by atoms with E-state index in [1.165, 1.54) is 6.42 Å². The van der Waals surface area contributed by atoms with Crippen LogP contribution in [0.5, 0.6) is 5.75 Å². The van der Waals surface area contributed by atoms with E-state index in [2.05, 4.69) is 5.32 Å². The molecule has 5 nitrogen and oxygen atoms in total. The molecule has 22 heavy (non-hydrogen) atoms. The molecule has 1 aliphatic carbocycles. The number of nitrogens with one attached hydrogen (secondary N) is 1. The molecule has 1 unspecified atom stereocenters. The lowest BCUT2D eigenvalue weighted by atomic mass is 9.98. The van der Waals surface area contributed by atoms with Crippen molar-refractivity contribution in [2.24, 2.45) is 0 Å². The molecule has 0 heterocycles. The molecule has 1 N–H and O–H groups in total. The van der Waals surface area contributed by atoms with E-state index in [-0.39, 0.29) is 6.10 Å². The van der Waals surface area contributed by atoms with Crippen LogP contribution < -0.4 is 10.1 Å². The van der Waals surface area contributed by atoms with Gasteiger partial charge in [-0.25, -0.2) is 4.79 Å². The summed E-state index contributed by atoms with van der Waals surface area (Å²) in [6.07, 6.45) is 5.27. The number of ether oxygens (including phenoxy) is 2. The summed E-state index contributed by atoms with van der Waals surface area (Å²) in [7, 11) is 0. The molecule has 0 spiro atoms.